The highest BCUT2D eigenvalue weighted by Crippen LogP contribution is 2.28. The number of amides is 3. The van der Waals surface area contributed by atoms with Crippen LogP contribution in [-0.2, 0) is 45.3 Å². The maximum absolute atomic E-state index is 12.7. The summed E-state index contributed by atoms with van der Waals surface area (Å²) < 4.78 is 16.6. The van der Waals surface area contributed by atoms with Crippen molar-refractivity contribution >= 4 is 35.1 Å². The van der Waals surface area contributed by atoms with Crippen molar-refractivity contribution in [2.45, 2.75) is 51.6 Å². The molecule has 0 saturated carbocycles. The minimum absolute atomic E-state index is 0.179. The Morgan fingerprint density at radius 1 is 1.06 bits per heavy atom. The third kappa shape index (κ3) is 6.07. The number of fused-ring (bicyclic) bond motifs is 1. The molecule has 0 spiro atoms. The van der Waals surface area contributed by atoms with Crippen molar-refractivity contribution in [2.75, 3.05) is 0 Å². The SMILES string of the molecule is Cc1ccc(CC(=O)CCc2ccc3c(c2)CN(C2CCC(=O)NC2=O)C3=O)cc1.O=S=O. The van der Waals surface area contributed by atoms with Gasteiger partial charge in [0.05, 0.1) is 0 Å². The first-order valence-electron chi connectivity index (χ1n) is 10.6. The van der Waals surface area contributed by atoms with Gasteiger partial charge in [0.15, 0.2) is 0 Å². The molecule has 4 rings (SSSR count). The highest BCUT2D eigenvalue weighted by Gasteiger charge is 2.39. The smallest absolute Gasteiger partial charge is 0.322 e. The Morgan fingerprint density at radius 3 is 2.39 bits per heavy atom. The van der Waals surface area contributed by atoms with Gasteiger partial charge >= 0.3 is 11.6 Å². The average molecular weight is 469 g/mol. The summed E-state index contributed by atoms with van der Waals surface area (Å²) in [6.07, 6.45) is 2.07. The Balaban J connectivity index is 0.000000968. The average Bonchev–Trinajstić information content (AvgIpc) is 3.10. The second-order valence-corrected chi connectivity index (χ2v) is 8.30. The van der Waals surface area contributed by atoms with Crippen LogP contribution in [0.25, 0.3) is 0 Å². The molecule has 8 nitrogen and oxygen atoms in total. The van der Waals surface area contributed by atoms with E-state index in [2.05, 4.69) is 5.32 Å². The number of benzene rings is 2. The van der Waals surface area contributed by atoms with E-state index in [4.69, 9.17) is 8.42 Å². The quantitative estimate of drug-likeness (QED) is 0.647. The molecular weight excluding hydrogens is 444 g/mol. The first kappa shape index (κ1) is 24.2. The van der Waals surface area contributed by atoms with Gasteiger partial charge in [-0.05, 0) is 42.5 Å². The van der Waals surface area contributed by atoms with Gasteiger partial charge in [-0.1, -0.05) is 42.0 Å². The number of nitrogens with one attached hydrogen (secondary N) is 1. The topological polar surface area (TPSA) is 118 Å². The standard InChI is InChI=1S/C24H24N2O4.O2S/c1-15-2-4-17(5-3-15)13-19(27)8-6-16-7-9-20-18(12-16)14-26(24(20)30)21-10-11-22(28)25-23(21)29;1-3-2/h2-5,7,9,12,21H,6,8,10-11,13-14H2,1H3,(H,25,28,29);. The summed E-state index contributed by atoms with van der Waals surface area (Å²) in [4.78, 5) is 50.1. The van der Waals surface area contributed by atoms with Crippen LogP contribution in [0.15, 0.2) is 42.5 Å². The van der Waals surface area contributed by atoms with Crippen LogP contribution in [0.1, 0.15) is 51.9 Å². The number of rotatable bonds is 6. The molecule has 1 N–H and O–H groups in total. The first-order valence-corrected chi connectivity index (χ1v) is 11.2. The number of hydrogen-bond acceptors (Lipinski definition) is 6. The fraction of sp³-hybridized carbons (Fsp3) is 0.333. The number of nitrogens with zero attached hydrogens (tertiary/aromatic N) is 1. The van der Waals surface area contributed by atoms with Crippen LogP contribution >= 0.6 is 0 Å². The Bertz CT molecular complexity index is 1120. The lowest BCUT2D eigenvalue weighted by Crippen LogP contribution is -2.52. The van der Waals surface area contributed by atoms with Gasteiger partial charge in [-0.25, -0.2) is 0 Å². The van der Waals surface area contributed by atoms with E-state index >= 15 is 0 Å². The van der Waals surface area contributed by atoms with Gasteiger partial charge in [0.25, 0.3) is 5.91 Å². The summed E-state index contributed by atoms with van der Waals surface area (Å²) in [6.45, 7) is 2.37. The van der Waals surface area contributed by atoms with Crippen LogP contribution in [0.4, 0.5) is 0 Å². The van der Waals surface area contributed by atoms with Crippen LogP contribution in [0, 0.1) is 6.92 Å². The van der Waals surface area contributed by atoms with Gasteiger partial charge in [0, 0.05) is 31.4 Å². The van der Waals surface area contributed by atoms with Gasteiger partial charge in [-0.2, -0.15) is 8.42 Å². The Kier molecular flexibility index (Phi) is 8.00. The van der Waals surface area contributed by atoms with Crippen LogP contribution in [0.2, 0.25) is 0 Å². The van der Waals surface area contributed by atoms with E-state index in [0.717, 1.165) is 16.7 Å². The van der Waals surface area contributed by atoms with E-state index in [-0.39, 0.29) is 24.0 Å². The molecule has 0 bridgehead atoms. The zero-order valence-corrected chi connectivity index (χ0v) is 19.0. The highest BCUT2D eigenvalue weighted by molar-refractivity contribution is 7.51. The van der Waals surface area contributed by atoms with E-state index in [0.29, 0.717) is 37.8 Å². The number of hydrogen-bond donors (Lipinski definition) is 1. The largest absolute Gasteiger partial charge is 0.335 e. The lowest BCUT2D eigenvalue weighted by molar-refractivity contribution is -0.137. The molecule has 2 aromatic carbocycles. The van der Waals surface area contributed by atoms with E-state index in [1.54, 1.807) is 11.0 Å². The third-order valence-electron chi connectivity index (χ3n) is 5.80. The van der Waals surface area contributed by atoms with Crippen molar-refractivity contribution in [3.8, 4) is 0 Å². The molecule has 2 aromatic rings. The van der Waals surface area contributed by atoms with Gasteiger partial charge in [0.1, 0.15) is 11.8 Å². The number of piperidine rings is 1. The van der Waals surface area contributed by atoms with E-state index in [1.807, 2.05) is 43.3 Å². The Morgan fingerprint density at radius 2 is 1.73 bits per heavy atom. The fourth-order valence-electron chi connectivity index (χ4n) is 4.09. The minimum atomic E-state index is -0.750. The van der Waals surface area contributed by atoms with Crippen LogP contribution < -0.4 is 5.32 Å². The molecule has 2 heterocycles. The molecule has 0 aliphatic carbocycles. The molecule has 0 radical (unpaired) electrons. The molecule has 172 valence electrons. The van der Waals surface area contributed by atoms with Gasteiger partial charge in [0.2, 0.25) is 11.8 Å². The number of carbonyl (C=O) groups is 4. The van der Waals surface area contributed by atoms with Crippen molar-refractivity contribution in [3.63, 3.8) is 0 Å². The van der Waals surface area contributed by atoms with Gasteiger partial charge < -0.3 is 4.90 Å². The van der Waals surface area contributed by atoms with Crippen molar-refractivity contribution in [2.24, 2.45) is 0 Å². The predicted molar refractivity (Wildman–Crippen MR) is 120 cm³/mol. The number of Topliss-reactive ketones (excluding diaryl/α,β-unsaturated/α-hetero) is 1. The number of carbonyl (C=O) groups excluding carboxylic acids is 4. The highest BCUT2D eigenvalue weighted by atomic mass is 32.1. The van der Waals surface area contributed by atoms with Crippen molar-refractivity contribution < 1.29 is 27.6 Å². The summed E-state index contributed by atoms with van der Waals surface area (Å²) in [5.41, 5.74) is 4.65. The summed E-state index contributed by atoms with van der Waals surface area (Å²) >= 11 is -0.750. The van der Waals surface area contributed by atoms with Crippen molar-refractivity contribution in [1.82, 2.24) is 10.2 Å². The summed E-state index contributed by atoms with van der Waals surface area (Å²) in [5, 5.41) is 2.31. The molecule has 2 aliphatic rings. The van der Waals surface area contributed by atoms with Crippen molar-refractivity contribution in [1.29, 1.82) is 0 Å². The second-order valence-electron chi connectivity index (χ2n) is 8.16. The molecule has 9 heteroatoms. The molecule has 2 aliphatic heterocycles. The van der Waals surface area contributed by atoms with Crippen LogP contribution in [0.5, 0.6) is 0 Å². The fourth-order valence-corrected chi connectivity index (χ4v) is 4.09. The first-order chi connectivity index (χ1) is 15.8. The number of aryl methyl sites for hydroxylation is 2. The maximum Gasteiger partial charge on any atom is 0.335 e. The molecule has 0 aromatic heterocycles. The molecule has 1 fully saturated rings. The minimum Gasteiger partial charge on any atom is -0.322 e. The van der Waals surface area contributed by atoms with E-state index in [1.165, 1.54) is 5.56 Å². The summed E-state index contributed by atoms with van der Waals surface area (Å²) in [5.74, 6) is -0.700. The second kappa shape index (κ2) is 10.9. The lowest BCUT2D eigenvalue weighted by Gasteiger charge is -2.29. The molecule has 1 unspecified atom stereocenters. The number of ketones is 1. The Labute approximate surface area is 195 Å². The zero-order chi connectivity index (χ0) is 24.0. The number of imide groups is 1. The molecule has 3 amide bonds. The summed E-state index contributed by atoms with van der Waals surface area (Å²) in [7, 11) is 0. The monoisotopic (exact) mass is 468 g/mol. The third-order valence-corrected chi connectivity index (χ3v) is 5.80. The van der Waals surface area contributed by atoms with Crippen molar-refractivity contribution in [3.05, 3.63) is 70.3 Å². The molecule has 1 saturated heterocycles. The predicted octanol–water partition coefficient (Wildman–Crippen LogP) is 1.83. The normalized spacial score (nSPS) is 17.1. The van der Waals surface area contributed by atoms with Crippen LogP contribution in [-0.4, -0.2) is 42.9 Å². The maximum atomic E-state index is 12.7. The van der Waals surface area contributed by atoms with E-state index < -0.39 is 23.5 Å². The zero-order valence-electron chi connectivity index (χ0n) is 18.2. The van der Waals surface area contributed by atoms with E-state index in [9.17, 15) is 19.2 Å². The van der Waals surface area contributed by atoms with Crippen LogP contribution in [0.3, 0.4) is 0 Å². The Hall–Kier alpha value is -3.46. The molecule has 33 heavy (non-hydrogen) atoms. The van der Waals surface area contributed by atoms with Gasteiger partial charge in [-0.3, -0.25) is 24.5 Å². The molecular formula is C24H24N2O6S. The van der Waals surface area contributed by atoms with Gasteiger partial charge in [-0.15, -0.1) is 0 Å². The molecule has 1 atom stereocenters. The summed E-state index contributed by atoms with van der Waals surface area (Å²) in [6, 6.07) is 13.0. The lowest BCUT2D eigenvalue weighted by atomic mass is 9.99.